The molecule has 0 spiro atoms. The van der Waals surface area contributed by atoms with Gasteiger partial charge in [-0.15, -0.1) is 11.3 Å². The van der Waals surface area contributed by atoms with Gasteiger partial charge >= 0.3 is 0 Å². The highest BCUT2D eigenvalue weighted by Gasteiger charge is 2.19. The molecular weight excluding hydrogens is 404 g/mol. The first-order valence-corrected chi connectivity index (χ1v) is 10.8. The molecule has 0 saturated carbocycles. The van der Waals surface area contributed by atoms with E-state index >= 15 is 0 Å². The fourth-order valence-corrected chi connectivity index (χ4v) is 4.51. The van der Waals surface area contributed by atoms with Crippen molar-refractivity contribution in [1.82, 2.24) is 4.90 Å². The molecule has 0 fully saturated rings. The predicted octanol–water partition coefficient (Wildman–Crippen LogP) is 4.47. The number of nitrogens with one attached hydrogen (secondary N) is 1. The number of carbonyl (C=O) groups is 1. The van der Waals surface area contributed by atoms with Crippen molar-refractivity contribution in [3.8, 4) is 0 Å². The summed E-state index contributed by atoms with van der Waals surface area (Å²) in [7, 11) is -2.07. The number of benzene rings is 2. The maximum atomic E-state index is 12.7. The molecule has 1 amide bonds. The van der Waals surface area contributed by atoms with E-state index in [0.717, 1.165) is 4.88 Å². The number of rotatable bonds is 6. The summed E-state index contributed by atoms with van der Waals surface area (Å²) in [5, 5.41) is 2.21. The minimum atomic E-state index is -3.75. The molecule has 1 N–H and O–H groups in total. The molecule has 0 unspecified atom stereocenters. The molecule has 0 radical (unpaired) electrons. The van der Waals surface area contributed by atoms with Crippen molar-refractivity contribution in [1.29, 1.82) is 0 Å². The average Bonchev–Trinajstić information content (AvgIpc) is 3.16. The third-order valence-electron chi connectivity index (χ3n) is 3.82. The fraction of sp³-hybridized carbons (Fsp3) is 0.105. The Hall–Kier alpha value is -2.35. The van der Waals surface area contributed by atoms with E-state index in [4.69, 9.17) is 11.6 Å². The van der Waals surface area contributed by atoms with Gasteiger partial charge in [0.2, 0.25) is 0 Å². The smallest absolute Gasteiger partial charge is 0.261 e. The molecule has 0 atom stereocenters. The Morgan fingerprint density at radius 3 is 2.52 bits per heavy atom. The normalized spacial score (nSPS) is 11.2. The molecule has 1 aromatic heterocycles. The zero-order valence-electron chi connectivity index (χ0n) is 14.4. The van der Waals surface area contributed by atoms with E-state index < -0.39 is 10.0 Å². The Labute approximate surface area is 167 Å². The monoisotopic (exact) mass is 420 g/mol. The van der Waals surface area contributed by atoms with Crippen molar-refractivity contribution in [3.63, 3.8) is 0 Å². The molecule has 5 nitrogen and oxygen atoms in total. The lowest BCUT2D eigenvalue weighted by molar-refractivity contribution is 0.0786. The molecule has 0 saturated heterocycles. The number of thiophene rings is 1. The van der Waals surface area contributed by atoms with Crippen molar-refractivity contribution in [2.75, 3.05) is 11.8 Å². The molecule has 2 aromatic carbocycles. The minimum absolute atomic E-state index is 0.141. The summed E-state index contributed by atoms with van der Waals surface area (Å²) in [4.78, 5) is 15.5. The van der Waals surface area contributed by atoms with Gasteiger partial charge in [0.15, 0.2) is 0 Å². The number of hydrogen-bond donors (Lipinski definition) is 1. The van der Waals surface area contributed by atoms with E-state index in [1.54, 1.807) is 41.5 Å². The van der Waals surface area contributed by atoms with Gasteiger partial charge in [-0.2, -0.15) is 0 Å². The van der Waals surface area contributed by atoms with Gasteiger partial charge in [0.1, 0.15) is 0 Å². The molecule has 27 heavy (non-hydrogen) atoms. The van der Waals surface area contributed by atoms with Crippen LogP contribution in [0.4, 0.5) is 5.69 Å². The average molecular weight is 421 g/mol. The molecule has 1 heterocycles. The third kappa shape index (κ3) is 4.68. The highest BCUT2D eigenvalue weighted by atomic mass is 35.5. The van der Waals surface area contributed by atoms with Gasteiger partial charge in [0, 0.05) is 17.6 Å². The first kappa shape index (κ1) is 19.4. The number of anilines is 1. The van der Waals surface area contributed by atoms with Crippen LogP contribution in [0.5, 0.6) is 0 Å². The zero-order chi connectivity index (χ0) is 19.4. The van der Waals surface area contributed by atoms with Gasteiger partial charge in [-0.3, -0.25) is 9.52 Å². The second-order valence-electron chi connectivity index (χ2n) is 5.85. The number of halogens is 1. The Morgan fingerprint density at radius 1 is 1.11 bits per heavy atom. The van der Waals surface area contributed by atoms with Gasteiger partial charge in [0.05, 0.1) is 22.0 Å². The fourth-order valence-electron chi connectivity index (χ4n) is 2.48. The lowest BCUT2D eigenvalue weighted by Crippen LogP contribution is -2.26. The molecule has 8 heteroatoms. The van der Waals surface area contributed by atoms with Gasteiger partial charge in [-0.05, 0) is 41.8 Å². The third-order valence-corrected chi connectivity index (χ3v) is 6.41. The van der Waals surface area contributed by atoms with Crippen LogP contribution in [0.15, 0.2) is 70.9 Å². The molecule has 0 aliphatic rings. The summed E-state index contributed by atoms with van der Waals surface area (Å²) < 4.78 is 27.4. The Kier molecular flexibility index (Phi) is 5.84. The lowest BCUT2D eigenvalue weighted by atomic mass is 10.1. The molecule has 0 aliphatic heterocycles. The maximum absolute atomic E-state index is 12.7. The van der Waals surface area contributed by atoms with Crippen LogP contribution in [0.1, 0.15) is 15.2 Å². The van der Waals surface area contributed by atoms with Crippen molar-refractivity contribution >= 4 is 44.6 Å². The zero-order valence-corrected chi connectivity index (χ0v) is 16.8. The van der Waals surface area contributed by atoms with Crippen molar-refractivity contribution in [3.05, 3.63) is 81.5 Å². The molecule has 3 aromatic rings. The Bertz CT molecular complexity index is 1040. The van der Waals surface area contributed by atoms with Gasteiger partial charge in [-0.25, -0.2) is 8.42 Å². The van der Waals surface area contributed by atoms with E-state index in [9.17, 15) is 13.2 Å². The lowest BCUT2D eigenvalue weighted by Gasteiger charge is -2.18. The maximum Gasteiger partial charge on any atom is 0.261 e. The van der Waals surface area contributed by atoms with E-state index in [0.29, 0.717) is 6.54 Å². The number of amides is 1. The number of nitrogens with zero attached hydrogens (tertiary/aromatic N) is 1. The van der Waals surface area contributed by atoms with Crippen molar-refractivity contribution in [2.45, 2.75) is 11.4 Å². The SMILES string of the molecule is CN(Cc1cccs1)C(=O)c1cc(NS(=O)(=O)c2ccccc2)ccc1Cl. The van der Waals surface area contributed by atoms with Gasteiger partial charge < -0.3 is 4.90 Å². The van der Waals surface area contributed by atoms with Crippen LogP contribution in [-0.2, 0) is 16.6 Å². The molecule has 0 aliphatic carbocycles. The standard InChI is InChI=1S/C19H17ClN2O3S2/c1-22(13-15-6-5-11-26-15)19(23)17-12-14(9-10-18(17)20)21-27(24,25)16-7-3-2-4-8-16/h2-12,21H,13H2,1H3. The topological polar surface area (TPSA) is 66.5 Å². The van der Waals surface area contributed by atoms with E-state index in [1.807, 2.05) is 17.5 Å². The molecule has 140 valence electrons. The van der Waals surface area contributed by atoms with E-state index in [-0.39, 0.29) is 27.1 Å². The highest BCUT2D eigenvalue weighted by molar-refractivity contribution is 7.92. The van der Waals surface area contributed by atoms with Crippen LogP contribution in [0.2, 0.25) is 5.02 Å². The second kappa shape index (κ2) is 8.12. The predicted molar refractivity (Wildman–Crippen MR) is 109 cm³/mol. The number of sulfonamides is 1. The Balaban J connectivity index is 1.83. The van der Waals surface area contributed by atoms with Crippen LogP contribution in [0.25, 0.3) is 0 Å². The summed E-state index contributed by atoms with van der Waals surface area (Å²) in [6.45, 7) is 0.451. The minimum Gasteiger partial charge on any atom is -0.337 e. The summed E-state index contributed by atoms with van der Waals surface area (Å²) in [6.07, 6.45) is 0. The molecule has 0 bridgehead atoms. The van der Waals surface area contributed by atoms with Gasteiger partial charge in [-0.1, -0.05) is 35.9 Å². The van der Waals surface area contributed by atoms with Gasteiger partial charge in [0.25, 0.3) is 15.9 Å². The summed E-state index contributed by atoms with van der Waals surface area (Å²) in [5.41, 5.74) is 0.514. The number of carbonyl (C=O) groups excluding carboxylic acids is 1. The van der Waals surface area contributed by atoms with Crippen molar-refractivity contribution < 1.29 is 13.2 Å². The summed E-state index contributed by atoms with van der Waals surface area (Å²) >= 11 is 7.74. The van der Waals surface area contributed by atoms with Crippen molar-refractivity contribution in [2.24, 2.45) is 0 Å². The largest absolute Gasteiger partial charge is 0.337 e. The van der Waals surface area contributed by atoms with Crippen LogP contribution in [0, 0.1) is 0 Å². The highest BCUT2D eigenvalue weighted by Crippen LogP contribution is 2.25. The van der Waals surface area contributed by atoms with Crippen LogP contribution in [-0.4, -0.2) is 26.3 Å². The summed E-state index contributed by atoms with van der Waals surface area (Å²) in [6, 6.07) is 16.4. The summed E-state index contributed by atoms with van der Waals surface area (Å²) in [5.74, 6) is -0.283. The first-order valence-electron chi connectivity index (χ1n) is 8.02. The second-order valence-corrected chi connectivity index (χ2v) is 8.98. The van der Waals surface area contributed by atoms with E-state index in [1.165, 1.54) is 30.3 Å². The van der Waals surface area contributed by atoms with Crippen LogP contribution < -0.4 is 4.72 Å². The van der Waals surface area contributed by atoms with E-state index in [2.05, 4.69) is 4.72 Å². The molecule has 3 rings (SSSR count). The van der Waals surface area contributed by atoms with Crippen LogP contribution >= 0.6 is 22.9 Å². The Morgan fingerprint density at radius 2 is 1.85 bits per heavy atom. The first-order chi connectivity index (χ1) is 12.9. The van der Waals surface area contributed by atoms with Crippen LogP contribution in [0.3, 0.4) is 0 Å². The quantitative estimate of drug-likeness (QED) is 0.639. The molecular formula is C19H17ClN2O3S2. The number of hydrogen-bond acceptors (Lipinski definition) is 4.